The van der Waals surface area contributed by atoms with Gasteiger partial charge in [-0.25, -0.2) is 4.98 Å². The minimum atomic E-state index is -0.0582. The predicted molar refractivity (Wildman–Crippen MR) is 85.1 cm³/mol. The molecule has 0 aliphatic carbocycles. The topological polar surface area (TPSA) is 42.4 Å². The molecule has 2 rings (SSSR count). The molecule has 0 unspecified atom stereocenters. The van der Waals surface area contributed by atoms with Crippen LogP contribution in [0.1, 0.15) is 10.6 Å². The molecule has 0 radical (unpaired) electrons. The Morgan fingerprint density at radius 1 is 1.48 bits per heavy atom. The Kier molecular flexibility index (Phi) is 5.59. The smallest absolute Gasteiger partial charge is 0.260 e. The van der Waals surface area contributed by atoms with Crippen LogP contribution < -0.4 is 4.74 Å². The quantitative estimate of drug-likeness (QED) is 0.819. The van der Waals surface area contributed by atoms with Crippen molar-refractivity contribution in [2.75, 3.05) is 20.2 Å². The highest BCUT2D eigenvalue weighted by atomic mass is 35.5. The molecule has 0 saturated carbocycles. The molecule has 0 N–H and O–H groups in total. The van der Waals surface area contributed by atoms with Crippen LogP contribution in [0, 0.1) is 6.92 Å². The lowest BCUT2D eigenvalue weighted by molar-refractivity contribution is -0.132. The first-order chi connectivity index (χ1) is 10.1. The molecule has 1 aromatic carbocycles. The fourth-order valence-electron chi connectivity index (χ4n) is 1.77. The fraction of sp³-hybridized carbons (Fsp3) is 0.333. The van der Waals surface area contributed by atoms with Crippen LogP contribution >= 0.6 is 22.9 Å². The summed E-state index contributed by atoms with van der Waals surface area (Å²) in [5.41, 5.74) is 2.87. The number of benzene rings is 1. The number of carbonyl (C=O) groups is 1. The number of halogens is 1. The lowest BCUT2D eigenvalue weighted by Gasteiger charge is -2.17. The molecular formula is C15H17ClN2O2S. The summed E-state index contributed by atoms with van der Waals surface area (Å²) in [6.07, 6.45) is 0.815. The first-order valence-corrected chi connectivity index (χ1v) is 7.83. The molecule has 6 heteroatoms. The number of thiazole rings is 1. The Hall–Kier alpha value is -1.59. The normalized spacial score (nSPS) is 10.4. The zero-order valence-corrected chi connectivity index (χ0v) is 13.6. The van der Waals surface area contributed by atoms with Gasteiger partial charge in [-0.05, 0) is 25.1 Å². The number of nitrogens with zero attached hydrogens (tertiary/aromatic N) is 2. The van der Waals surface area contributed by atoms with Gasteiger partial charge < -0.3 is 9.64 Å². The zero-order valence-electron chi connectivity index (χ0n) is 12.0. The molecule has 1 amide bonds. The fourth-order valence-corrected chi connectivity index (χ4v) is 2.72. The molecule has 0 aliphatic rings. The van der Waals surface area contributed by atoms with Gasteiger partial charge in [0.1, 0.15) is 5.75 Å². The number of ether oxygens (including phenoxy) is 1. The van der Waals surface area contributed by atoms with E-state index in [4.69, 9.17) is 16.3 Å². The van der Waals surface area contributed by atoms with E-state index in [1.165, 1.54) is 4.88 Å². The van der Waals surface area contributed by atoms with Crippen LogP contribution in [0.5, 0.6) is 5.75 Å². The van der Waals surface area contributed by atoms with E-state index in [9.17, 15) is 4.79 Å². The lowest BCUT2D eigenvalue weighted by atomic mass is 10.3. The van der Waals surface area contributed by atoms with Crippen molar-refractivity contribution in [3.8, 4) is 5.75 Å². The van der Waals surface area contributed by atoms with E-state index in [1.54, 1.807) is 47.5 Å². The first-order valence-electron chi connectivity index (χ1n) is 6.57. The van der Waals surface area contributed by atoms with Gasteiger partial charge in [0.15, 0.2) is 6.61 Å². The molecule has 0 spiro atoms. The molecule has 0 fully saturated rings. The number of rotatable bonds is 6. The van der Waals surface area contributed by atoms with Crippen molar-refractivity contribution in [1.82, 2.24) is 9.88 Å². The van der Waals surface area contributed by atoms with Crippen LogP contribution in [0.4, 0.5) is 0 Å². The molecule has 0 bridgehead atoms. The predicted octanol–water partition coefficient (Wildman–Crippen LogP) is 3.18. The molecular weight excluding hydrogens is 308 g/mol. The number of likely N-dealkylation sites (N-methyl/N-ethyl adjacent to an activating group) is 1. The molecule has 1 heterocycles. The minimum Gasteiger partial charge on any atom is -0.484 e. The SMILES string of the molecule is Cc1ncsc1CCN(C)C(=O)COc1cccc(Cl)c1. The van der Waals surface area contributed by atoms with E-state index in [0.29, 0.717) is 17.3 Å². The lowest BCUT2D eigenvalue weighted by Crippen LogP contribution is -2.33. The van der Waals surface area contributed by atoms with Gasteiger partial charge in [-0.1, -0.05) is 17.7 Å². The van der Waals surface area contributed by atoms with Crippen LogP contribution in [0.2, 0.25) is 5.02 Å². The summed E-state index contributed by atoms with van der Waals surface area (Å²) in [4.78, 5) is 19.1. The minimum absolute atomic E-state index is 0.0124. The maximum absolute atomic E-state index is 12.0. The van der Waals surface area contributed by atoms with Crippen molar-refractivity contribution < 1.29 is 9.53 Å². The van der Waals surface area contributed by atoms with Crippen LogP contribution in [-0.2, 0) is 11.2 Å². The average molecular weight is 325 g/mol. The van der Waals surface area contributed by atoms with Gasteiger partial charge in [-0.2, -0.15) is 0 Å². The zero-order chi connectivity index (χ0) is 15.2. The van der Waals surface area contributed by atoms with Crippen molar-refractivity contribution in [1.29, 1.82) is 0 Å². The van der Waals surface area contributed by atoms with Crippen LogP contribution in [0.15, 0.2) is 29.8 Å². The second-order valence-electron chi connectivity index (χ2n) is 4.67. The Morgan fingerprint density at radius 2 is 2.29 bits per heavy atom. The molecule has 2 aromatic rings. The van der Waals surface area contributed by atoms with Crippen molar-refractivity contribution in [2.45, 2.75) is 13.3 Å². The third kappa shape index (κ3) is 4.72. The maximum atomic E-state index is 12.0. The number of amides is 1. The number of aryl methyl sites for hydroxylation is 1. The van der Waals surface area contributed by atoms with E-state index in [-0.39, 0.29) is 12.5 Å². The van der Waals surface area contributed by atoms with Crippen molar-refractivity contribution in [2.24, 2.45) is 0 Å². The molecule has 0 atom stereocenters. The highest BCUT2D eigenvalue weighted by Crippen LogP contribution is 2.17. The van der Waals surface area contributed by atoms with E-state index >= 15 is 0 Å². The van der Waals surface area contributed by atoms with Gasteiger partial charge in [0, 0.05) is 29.9 Å². The van der Waals surface area contributed by atoms with Gasteiger partial charge >= 0.3 is 0 Å². The Labute approximate surface area is 133 Å². The highest BCUT2D eigenvalue weighted by molar-refractivity contribution is 7.09. The molecule has 1 aromatic heterocycles. The van der Waals surface area contributed by atoms with Crippen molar-refractivity contribution >= 4 is 28.8 Å². The van der Waals surface area contributed by atoms with Gasteiger partial charge in [0.25, 0.3) is 5.91 Å². The van der Waals surface area contributed by atoms with Gasteiger partial charge in [0.2, 0.25) is 0 Å². The maximum Gasteiger partial charge on any atom is 0.260 e. The highest BCUT2D eigenvalue weighted by Gasteiger charge is 2.11. The summed E-state index contributed by atoms with van der Waals surface area (Å²) in [7, 11) is 1.78. The monoisotopic (exact) mass is 324 g/mol. The Balaban J connectivity index is 1.78. The van der Waals surface area contributed by atoms with Crippen molar-refractivity contribution in [3.05, 3.63) is 45.4 Å². The van der Waals surface area contributed by atoms with Crippen LogP contribution in [-0.4, -0.2) is 36.0 Å². The van der Waals surface area contributed by atoms with Crippen LogP contribution in [0.3, 0.4) is 0 Å². The molecule has 21 heavy (non-hydrogen) atoms. The average Bonchev–Trinajstić information content (AvgIpc) is 2.87. The van der Waals surface area contributed by atoms with Gasteiger partial charge in [-0.3, -0.25) is 4.79 Å². The number of carbonyl (C=O) groups excluding carboxylic acids is 1. The number of hydrogen-bond donors (Lipinski definition) is 0. The molecule has 4 nitrogen and oxygen atoms in total. The van der Waals surface area contributed by atoms with Gasteiger partial charge in [-0.15, -0.1) is 11.3 Å². The first kappa shape index (κ1) is 15.8. The second-order valence-corrected chi connectivity index (χ2v) is 6.05. The summed E-state index contributed by atoms with van der Waals surface area (Å²) in [6.45, 7) is 2.65. The van der Waals surface area contributed by atoms with E-state index < -0.39 is 0 Å². The number of hydrogen-bond acceptors (Lipinski definition) is 4. The van der Waals surface area contributed by atoms with E-state index in [1.807, 2.05) is 12.4 Å². The van der Waals surface area contributed by atoms with Crippen LogP contribution in [0.25, 0.3) is 0 Å². The Bertz CT molecular complexity index is 615. The summed E-state index contributed by atoms with van der Waals surface area (Å²) in [5.74, 6) is 0.541. The van der Waals surface area contributed by atoms with E-state index in [0.717, 1.165) is 12.1 Å². The van der Waals surface area contributed by atoms with Crippen molar-refractivity contribution in [3.63, 3.8) is 0 Å². The van der Waals surface area contributed by atoms with Gasteiger partial charge in [0.05, 0.1) is 11.2 Å². The second kappa shape index (κ2) is 7.43. The molecule has 112 valence electrons. The van der Waals surface area contributed by atoms with E-state index in [2.05, 4.69) is 4.98 Å². The summed E-state index contributed by atoms with van der Waals surface area (Å²) in [6, 6.07) is 7.02. The standard InChI is InChI=1S/C15H17ClN2O2S/c1-11-14(21-10-17-11)6-7-18(2)15(19)9-20-13-5-3-4-12(16)8-13/h3-5,8,10H,6-7,9H2,1-2H3. The summed E-state index contributed by atoms with van der Waals surface area (Å²) in [5, 5.41) is 0.592. The largest absolute Gasteiger partial charge is 0.484 e. The molecule has 0 aliphatic heterocycles. The Morgan fingerprint density at radius 3 is 2.95 bits per heavy atom. The third-order valence-electron chi connectivity index (χ3n) is 3.10. The number of aromatic nitrogens is 1. The third-order valence-corrected chi connectivity index (χ3v) is 4.33. The summed E-state index contributed by atoms with van der Waals surface area (Å²) >= 11 is 7.48. The summed E-state index contributed by atoms with van der Waals surface area (Å²) < 4.78 is 5.45. The molecule has 0 saturated heterocycles.